The number of hydrogen-bond acceptors (Lipinski definition) is 2. The second-order valence-corrected chi connectivity index (χ2v) is 5.35. The van der Waals surface area contributed by atoms with Crippen molar-refractivity contribution in [1.29, 1.82) is 0 Å². The molecule has 1 saturated carbocycles. The van der Waals surface area contributed by atoms with E-state index in [4.69, 9.17) is 4.74 Å². The minimum absolute atomic E-state index is 0.220. The van der Waals surface area contributed by atoms with Crippen LogP contribution in [0.4, 0.5) is 8.78 Å². The van der Waals surface area contributed by atoms with Crippen LogP contribution in [0.5, 0.6) is 0 Å². The van der Waals surface area contributed by atoms with Crippen molar-refractivity contribution in [2.75, 3.05) is 33.4 Å². The second-order valence-electron chi connectivity index (χ2n) is 5.35. The SMILES string of the molecule is CCOCCC1(CNC(=NC)NCC(F)F)CCCC1. The summed E-state index contributed by atoms with van der Waals surface area (Å²) in [6.45, 7) is 3.90. The average molecular weight is 291 g/mol. The van der Waals surface area contributed by atoms with Crippen molar-refractivity contribution in [2.24, 2.45) is 10.4 Å². The zero-order valence-electron chi connectivity index (χ0n) is 12.6. The number of rotatable bonds is 8. The van der Waals surface area contributed by atoms with Gasteiger partial charge in [0.2, 0.25) is 0 Å². The van der Waals surface area contributed by atoms with Crippen LogP contribution in [0.2, 0.25) is 0 Å². The molecular formula is C14H27F2N3O. The minimum atomic E-state index is -2.37. The fraction of sp³-hybridized carbons (Fsp3) is 0.929. The van der Waals surface area contributed by atoms with E-state index in [9.17, 15) is 8.78 Å². The van der Waals surface area contributed by atoms with Crippen LogP contribution in [-0.4, -0.2) is 45.7 Å². The Hall–Kier alpha value is -0.910. The van der Waals surface area contributed by atoms with Crippen LogP contribution >= 0.6 is 0 Å². The van der Waals surface area contributed by atoms with Crippen molar-refractivity contribution < 1.29 is 13.5 Å². The summed E-state index contributed by atoms with van der Waals surface area (Å²) in [5.74, 6) is 0.452. The summed E-state index contributed by atoms with van der Waals surface area (Å²) in [7, 11) is 1.60. The quantitative estimate of drug-likeness (QED) is 0.410. The highest BCUT2D eigenvalue weighted by molar-refractivity contribution is 5.79. The van der Waals surface area contributed by atoms with Crippen LogP contribution in [0, 0.1) is 5.41 Å². The molecule has 0 heterocycles. The number of nitrogens with one attached hydrogen (secondary N) is 2. The zero-order chi connectivity index (χ0) is 14.8. The molecule has 0 aromatic heterocycles. The topological polar surface area (TPSA) is 45.6 Å². The van der Waals surface area contributed by atoms with Crippen LogP contribution in [0.3, 0.4) is 0 Å². The van der Waals surface area contributed by atoms with Gasteiger partial charge in [-0.05, 0) is 31.6 Å². The van der Waals surface area contributed by atoms with Gasteiger partial charge in [0, 0.05) is 26.8 Å². The van der Waals surface area contributed by atoms with Gasteiger partial charge in [0.1, 0.15) is 0 Å². The highest BCUT2D eigenvalue weighted by atomic mass is 19.3. The Labute approximate surface area is 120 Å². The predicted octanol–water partition coefficient (Wildman–Crippen LogP) is 2.40. The van der Waals surface area contributed by atoms with E-state index in [2.05, 4.69) is 15.6 Å². The molecule has 2 N–H and O–H groups in total. The van der Waals surface area contributed by atoms with Crippen molar-refractivity contribution in [3.05, 3.63) is 0 Å². The molecule has 0 radical (unpaired) electrons. The van der Waals surface area contributed by atoms with E-state index in [1.807, 2.05) is 6.92 Å². The molecule has 6 heteroatoms. The summed E-state index contributed by atoms with van der Waals surface area (Å²) in [6.07, 6.45) is 3.44. The van der Waals surface area contributed by atoms with Crippen molar-refractivity contribution in [2.45, 2.75) is 45.5 Å². The molecule has 1 aliphatic rings. The molecule has 0 atom stereocenters. The van der Waals surface area contributed by atoms with Crippen LogP contribution in [-0.2, 0) is 4.74 Å². The standard InChI is InChI=1S/C14H27F2N3O/c1-3-20-9-8-14(6-4-5-7-14)11-19-13(17-2)18-10-12(15)16/h12H,3-11H2,1-2H3,(H2,17,18,19). The summed E-state index contributed by atoms with van der Waals surface area (Å²) in [6, 6.07) is 0. The second kappa shape index (κ2) is 9.10. The van der Waals surface area contributed by atoms with Gasteiger partial charge in [-0.3, -0.25) is 4.99 Å². The lowest BCUT2D eigenvalue weighted by Crippen LogP contribution is -2.44. The molecular weight excluding hydrogens is 264 g/mol. The Kier molecular flexibility index (Phi) is 7.80. The molecule has 0 spiro atoms. The van der Waals surface area contributed by atoms with Crippen LogP contribution < -0.4 is 10.6 Å². The Balaban J connectivity index is 2.41. The van der Waals surface area contributed by atoms with Gasteiger partial charge >= 0.3 is 0 Å². The summed E-state index contributed by atoms with van der Waals surface area (Å²) < 4.78 is 29.8. The van der Waals surface area contributed by atoms with Crippen molar-refractivity contribution in [3.8, 4) is 0 Å². The first-order valence-corrected chi connectivity index (χ1v) is 7.42. The Morgan fingerprint density at radius 3 is 2.55 bits per heavy atom. The van der Waals surface area contributed by atoms with Crippen molar-refractivity contribution >= 4 is 5.96 Å². The summed E-state index contributed by atoms with van der Waals surface area (Å²) in [4.78, 5) is 3.98. The van der Waals surface area contributed by atoms with Crippen molar-refractivity contribution in [1.82, 2.24) is 10.6 Å². The lowest BCUT2D eigenvalue weighted by molar-refractivity contribution is 0.105. The first-order chi connectivity index (χ1) is 9.62. The number of ether oxygens (including phenoxy) is 1. The van der Waals surface area contributed by atoms with Gasteiger partial charge in [-0.25, -0.2) is 8.78 Å². The fourth-order valence-corrected chi connectivity index (χ4v) is 2.74. The molecule has 1 aliphatic carbocycles. The van der Waals surface area contributed by atoms with Gasteiger partial charge in [0.05, 0.1) is 6.54 Å². The van der Waals surface area contributed by atoms with E-state index in [0.717, 1.165) is 26.2 Å². The van der Waals surface area contributed by atoms with Gasteiger partial charge in [-0.2, -0.15) is 0 Å². The normalized spacial score (nSPS) is 18.6. The molecule has 20 heavy (non-hydrogen) atoms. The van der Waals surface area contributed by atoms with Crippen LogP contribution in [0.15, 0.2) is 4.99 Å². The van der Waals surface area contributed by atoms with E-state index in [1.165, 1.54) is 25.7 Å². The number of nitrogens with zero attached hydrogens (tertiary/aromatic N) is 1. The maximum atomic E-state index is 12.2. The molecule has 0 aliphatic heterocycles. The van der Waals surface area contributed by atoms with Crippen LogP contribution in [0.25, 0.3) is 0 Å². The molecule has 0 aromatic rings. The molecule has 0 bridgehead atoms. The number of alkyl halides is 2. The summed E-state index contributed by atoms with van der Waals surface area (Å²) in [5.41, 5.74) is 0.220. The molecule has 4 nitrogen and oxygen atoms in total. The number of guanidine groups is 1. The van der Waals surface area contributed by atoms with E-state index in [-0.39, 0.29) is 12.0 Å². The maximum absolute atomic E-state index is 12.2. The van der Waals surface area contributed by atoms with E-state index < -0.39 is 6.43 Å². The first kappa shape index (κ1) is 17.1. The van der Waals surface area contributed by atoms with Crippen molar-refractivity contribution in [3.63, 3.8) is 0 Å². The lowest BCUT2D eigenvalue weighted by atomic mass is 9.83. The third kappa shape index (κ3) is 6.03. The summed E-state index contributed by atoms with van der Waals surface area (Å²) in [5, 5.41) is 5.82. The van der Waals surface area contributed by atoms with Gasteiger partial charge in [0.25, 0.3) is 6.43 Å². The molecule has 0 saturated heterocycles. The number of halogens is 2. The highest BCUT2D eigenvalue weighted by Crippen LogP contribution is 2.40. The first-order valence-electron chi connectivity index (χ1n) is 7.42. The van der Waals surface area contributed by atoms with E-state index in [1.54, 1.807) is 7.05 Å². The largest absolute Gasteiger partial charge is 0.382 e. The maximum Gasteiger partial charge on any atom is 0.255 e. The third-order valence-electron chi connectivity index (χ3n) is 3.92. The molecule has 0 amide bonds. The molecule has 1 rings (SSSR count). The third-order valence-corrected chi connectivity index (χ3v) is 3.92. The predicted molar refractivity (Wildman–Crippen MR) is 77.4 cm³/mol. The number of hydrogen-bond donors (Lipinski definition) is 2. The molecule has 0 aromatic carbocycles. The number of aliphatic imine (C=N–C) groups is 1. The summed E-state index contributed by atoms with van der Waals surface area (Å²) >= 11 is 0. The van der Waals surface area contributed by atoms with E-state index >= 15 is 0 Å². The Morgan fingerprint density at radius 2 is 2.00 bits per heavy atom. The van der Waals surface area contributed by atoms with Gasteiger partial charge in [-0.1, -0.05) is 12.8 Å². The minimum Gasteiger partial charge on any atom is -0.382 e. The molecule has 1 fully saturated rings. The van der Waals surface area contributed by atoms with Crippen LogP contribution in [0.1, 0.15) is 39.0 Å². The van der Waals surface area contributed by atoms with E-state index in [0.29, 0.717) is 5.96 Å². The highest BCUT2D eigenvalue weighted by Gasteiger charge is 2.33. The van der Waals surface area contributed by atoms with Gasteiger partial charge in [-0.15, -0.1) is 0 Å². The fourth-order valence-electron chi connectivity index (χ4n) is 2.74. The zero-order valence-corrected chi connectivity index (χ0v) is 12.6. The molecule has 118 valence electrons. The smallest absolute Gasteiger partial charge is 0.255 e. The van der Waals surface area contributed by atoms with Gasteiger partial charge < -0.3 is 15.4 Å². The van der Waals surface area contributed by atoms with Gasteiger partial charge in [0.15, 0.2) is 5.96 Å². The molecule has 0 unspecified atom stereocenters. The lowest BCUT2D eigenvalue weighted by Gasteiger charge is -2.30. The monoisotopic (exact) mass is 291 g/mol. The average Bonchev–Trinajstić information content (AvgIpc) is 2.88. The Bertz CT molecular complexity index is 292. The Morgan fingerprint density at radius 1 is 1.30 bits per heavy atom.